The number of thiophene rings is 1. The van der Waals surface area contributed by atoms with Crippen LogP contribution in [0.4, 0.5) is 4.39 Å². The first-order valence-electron chi connectivity index (χ1n) is 8.21. The third kappa shape index (κ3) is 2.76. The second kappa shape index (κ2) is 6.11. The van der Waals surface area contributed by atoms with Gasteiger partial charge in [0.05, 0.1) is 22.6 Å². The van der Waals surface area contributed by atoms with Gasteiger partial charge in [0.1, 0.15) is 5.82 Å². The van der Waals surface area contributed by atoms with Crippen LogP contribution in [0.2, 0.25) is 0 Å². The highest BCUT2D eigenvalue weighted by Crippen LogP contribution is 2.27. The van der Waals surface area contributed by atoms with Gasteiger partial charge in [-0.1, -0.05) is 0 Å². The van der Waals surface area contributed by atoms with Crippen LogP contribution in [-0.4, -0.2) is 27.1 Å². The summed E-state index contributed by atoms with van der Waals surface area (Å²) in [5, 5.41) is 6.59. The normalized spacial score (nSPS) is 13.8. The number of hydrogen-bond donors (Lipinski definition) is 0. The minimum atomic E-state index is -0.290. The van der Waals surface area contributed by atoms with E-state index in [2.05, 4.69) is 16.5 Å². The molecule has 4 nitrogen and oxygen atoms in total. The molecule has 1 aliphatic rings. The minimum Gasteiger partial charge on any atom is -0.334 e. The molecule has 0 unspecified atom stereocenters. The lowest BCUT2D eigenvalue weighted by Crippen LogP contribution is -2.35. The summed E-state index contributed by atoms with van der Waals surface area (Å²) in [5.41, 5.74) is 4.11. The Bertz CT molecular complexity index is 942. The first-order valence-corrected chi connectivity index (χ1v) is 9.09. The van der Waals surface area contributed by atoms with E-state index >= 15 is 0 Å². The summed E-state index contributed by atoms with van der Waals surface area (Å²) < 4.78 is 14.9. The monoisotopic (exact) mass is 355 g/mol. The maximum atomic E-state index is 13.2. The fraction of sp³-hybridized carbons (Fsp3) is 0.263. The Hall–Kier alpha value is -2.47. The van der Waals surface area contributed by atoms with Crippen molar-refractivity contribution in [3.05, 3.63) is 68.9 Å². The van der Waals surface area contributed by atoms with Crippen molar-refractivity contribution in [2.75, 3.05) is 6.54 Å². The average molecular weight is 355 g/mol. The zero-order valence-corrected chi connectivity index (χ0v) is 14.9. The molecule has 3 heterocycles. The topological polar surface area (TPSA) is 38.1 Å². The molecule has 2 aromatic heterocycles. The smallest absolute Gasteiger partial charge is 0.257 e. The predicted molar refractivity (Wildman–Crippen MR) is 95.8 cm³/mol. The van der Waals surface area contributed by atoms with E-state index in [1.807, 2.05) is 18.7 Å². The Balaban J connectivity index is 1.67. The van der Waals surface area contributed by atoms with Crippen LogP contribution in [0, 0.1) is 19.7 Å². The van der Waals surface area contributed by atoms with Crippen molar-refractivity contribution in [1.82, 2.24) is 14.7 Å². The van der Waals surface area contributed by atoms with Gasteiger partial charge in [0, 0.05) is 18.0 Å². The molecule has 0 aliphatic carbocycles. The van der Waals surface area contributed by atoms with Crippen molar-refractivity contribution >= 4 is 17.2 Å². The maximum Gasteiger partial charge on any atom is 0.257 e. The molecule has 0 spiro atoms. The van der Waals surface area contributed by atoms with Crippen LogP contribution in [-0.2, 0) is 13.0 Å². The van der Waals surface area contributed by atoms with Crippen molar-refractivity contribution in [3.63, 3.8) is 0 Å². The van der Waals surface area contributed by atoms with E-state index in [9.17, 15) is 9.18 Å². The average Bonchev–Trinajstić information content (AvgIpc) is 3.18. The molecule has 0 N–H and O–H groups in total. The Kier molecular flexibility index (Phi) is 3.92. The lowest BCUT2D eigenvalue weighted by atomic mass is 10.1. The van der Waals surface area contributed by atoms with Gasteiger partial charge in [-0.05, 0) is 61.5 Å². The van der Waals surface area contributed by atoms with E-state index in [-0.39, 0.29) is 11.7 Å². The third-order valence-corrected chi connectivity index (χ3v) is 5.69. The van der Waals surface area contributed by atoms with Crippen LogP contribution >= 0.6 is 11.3 Å². The van der Waals surface area contributed by atoms with Gasteiger partial charge in [0.2, 0.25) is 0 Å². The highest BCUT2D eigenvalue weighted by atomic mass is 32.1. The molecular formula is C19H18FN3OS. The summed E-state index contributed by atoms with van der Waals surface area (Å²) in [6.45, 7) is 5.11. The van der Waals surface area contributed by atoms with Gasteiger partial charge in [0.25, 0.3) is 5.91 Å². The number of aromatic nitrogens is 2. The molecule has 25 heavy (non-hydrogen) atoms. The van der Waals surface area contributed by atoms with Gasteiger partial charge in [-0.15, -0.1) is 11.3 Å². The molecule has 0 bridgehead atoms. The largest absolute Gasteiger partial charge is 0.334 e. The molecule has 1 aliphatic heterocycles. The number of benzene rings is 1. The van der Waals surface area contributed by atoms with Crippen molar-refractivity contribution in [1.29, 1.82) is 0 Å². The van der Waals surface area contributed by atoms with E-state index in [0.29, 0.717) is 17.8 Å². The lowest BCUT2D eigenvalue weighted by molar-refractivity contribution is 0.0734. The highest BCUT2D eigenvalue weighted by molar-refractivity contribution is 7.10. The SMILES string of the molecule is Cc1nn(-c2ccc(F)cc2)c(C)c1C(=O)N1CCc2sccc2C1. The summed E-state index contributed by atoms with van der Waals surface area (Å²) in [7, 11) is 0. The fourth-order valence-electron chi connectivity index (χ4n) is 3.37. The van der Waals surface area contributed by atoms with Crippen LogP contribution in [0.15, 0.2) is 35.7 Å². The standard InChI is InChI=1S/C19H18FN3OS/c1-12-18(13(2)23(21-12)16-5-3-15(20)4-6-16)19(24)22-9-7-17-14(11-22)8-10-25-17/h3-6,8,10H,7,9,11H2,1-2H3. The zero-order chi connectivity index (χ0) is 17.6. The number of hydrogen-bond acceptors (Lipinski definition) is 3. The van der Waals surface area contributed by atoms with Crippen molar-refractivity contribution in [3.8, 4) is 5.69 Å². The van der Waals surface area contributed by atoms with Gasteiger partial charge >= 0.3 is 0 Å². The molecule has 3 aromatic rings. The number of carbonyl (C=O) groups is 1. The van der Waals surface area contributed by atoms with Gasteiger partial charge in [-0.2, -0.15) is 5.10 Å². The molecule has 128 valence electrons. The van der Waals surface area contributed by atoms with Crippen molar-refractivity contribution < 1.29 is 9.18 Å². The lowest BCUT2D eigenvalue weighted by Gasteiger charge is -2.27. The Morgan fingerprint density at radius 2 is 1.96 bits per heavy atom. The first kappa shape index (κ1) is 16.0. The number of fused-ring (bicyclic) bond motifs is 1. The quantitative estimate of drug-likeness (QED) is 0.699. The molecule has 0 atom stereocenters. The van der Waals surface area contributed by atoms with E-state index in [0.717, 1.165) is 24.3 Å². The molecule has 0 radical (unpaired) electrons. The third-order valence-electron chi connectivity index (χ3n) is 4.67. The predicted octanol–water partition coefficient (Wildman–Crippen LogP) is 3.89. The van der Waals surface area contributed by atoms with Gasteiger partial charge in [-0.25, -0.2) is 9.07 Å². The Morgan fingerprint density at radius 1 is 1.20 bits per heavy atom. The molecule has 4 rings (SSSR count). The molecule has 0 fully saturated rings. The highest BCUT2D eigenvalue weighted by Gasteiger charge is 2.27. The molecular weight excluding hydrogens is 337 g/mol. The van der Waals surface area contributed by atoms with Gasteiger partial charge in [0.15, 0.2) is 0 Å². The second-order valence-corrected chi connectivity index (χ2v) is 7.28. The fourth-order valence-corrected chi connectivity index (χ4v) is 4.26. The van der Waals surface area contributed by atoms with Crippen LogP contribution in [0.3, 0.4) is 0 Å². The van der Waals surface area contributed by atoms with Crippen LogP contribution in [0.25, 0.3) is 5.69 Å². The van der Waals surface area contributed by atoms with Gasteiger partial charge in [-0.3, -0.25) is 4.79 Å². The second-order valence-electron chi connectivity index (χ2n) is 6.28. The number of carbonyl (C=O) groups excluding carboxylic acids is 1. The summed E-state index contributed by atoms with van der Waals surface area (Å²) >= 11 is 1.76. The summed E-state index contributed by atoms with van der Waals surface area (Å²) in [4.78, 5) is 16.4. The van der Waals surface area contributed by atoms with E-state index < -0.39 is 0 Å². The molecule has 0 saturated heterocycles. The summed E-state index contributed by atoms with van der Waals surface area (Å²) in [6, 6.07) is 8.23. The number of nitrogens with zero attached hydrogens (tertiary/aromatic N) is 3. The molecule has 0 saturated carbocycles. The van der Waals surface area contributed by atoms with Gasteiger partial charge < -0.3 is 4.90 Å². The maximum absolute atomic E-state index is 13.2. The summed E-state index contributed by atoms with van der Waals surface area (Å²) in [6.07, 6.45) is 0.906. The van der Waals surface area contributed by atoms with Crippen molar-refractivity contribution in [2.24, 2.45) is 0 Å². The van der Waals surface area contributed by atoms with Crippen LogP contribution < -0.4 is 0 Å². The number of amides is 1. The minimum absolute atomic E-state index is 0.0141. The summed E-state index contributed by atoms with van der Waals surface area (Å²) in [5.74, 6) is -0.276. The van der Waals surface area contributed by atoms with Crippen molar-refractivity contribution in [2.45, 2.75) is 26.8 Å². The zero-order valence-electron chi connectivity index (χ0n) is 14.1. The Morgan fingerprint density at radius 3 is 2.72 bits per heavy atom. The van der Waals surface area contributed by atoms with E-state index in [4.69, 9.17) is 0 Å². The van der Waals surface area contributed by atoms with Crippen LogP contribution in [0.1, 0.15) is 32.2 Å². The van der Waals surface area contributed by atoms with Crippen LogP contribution in [0.5, 0.6) is 0 Å². The van der Waals surface area contributed by atoms with E-state index in [1.165, 1.54) is 22.6 Å². The Labute approximate surface area is 149 Å². The number of halogens is 1. The molecule has 1 aromatic carbocycles. The number of rotatable bonds is 2. The molecule has 6 heteroatoms. The van der Waals surface area contributed by atoms with E-state index in [1.54, 1.807) is 28.2 Å². The molecule has 1 amide bonds. The first-order chi connectivity index (χ1) is 12.0. The number of aryl methyl sites for hydroxylation is 1.